The quantitative estimate of drug-likeness (QED) is 0.729. The minimum Gasteiger partial charge on any atom is -0.393 e. The second-order valence-corrected chi connectivity index (χ2v) is 8.78. The number of anilines is 1. The molecule has 2 saturated carbocycles. The van der Waals surface area contributed by atoms with E-state index in [9.17, 15) is 5.11 Å². The number of hydroxylamine groups is 1. The lowest BCUT2D eigenvalue weighted by molar-refractivity contribution is -0.0557. The van der Waals surface area contributed by atoms with Crippen molar-refractivity contribution in [3.05, 3.63) is 24.0 Å². The fourth-order valence-electron chi connectivity index (χ4n) is 5.05. The molecule has 2 aromatic rings. The van der Waals surface area contributed by atoms with E-state index in [1.54, 1.807) is 0 Å². The molecule has 0 amide bonds. The van der Waals surface area contributed by atoms with Gasteiger partial charge in [0.05, 0.1) is 29.1 Å². The van der Waals surface area contributed by atoms with Crippen LogP contribution in [0.4, 0.5) is 5.69 Å². The predicted octanol–water partition coefficient (Wildman–Crippen LogP) is 3.75. The second kappa shape index (κ2) is 7.61. The van der Waals surface area contributed by atoms with Crippen molar-refractivity contribution in [3.8, 4) is 0 Å². The molecule has 1 aliphatic heterocycles. The molecule has 2 aromatic heterocycles. The molecule has 3 aliphatic rings. The van der Waals surface area contributed by atoms with Gasteiger partial charge in [0, 0.05) is 24.3 Å². The zero-order chi connectivity index (χ0) is 19.8. The molecule has 3 heterocycles. The number of aliphatic hydroxyl groups is 1. The van der Waals surface area contributed by atoms with E-state index in [2.05, 4.69) is 28.9 Å². The van der Waals surface area contributed by atoms with Gasteiger partial charge >= 0.3 is 0 Å². The molecule has 0 saturated heterocycles. The maximum absolute atomic E-state index is 9.88. The van der Waals surface area contributed by atoms with Crippen LogP contribution in [0.2, 0.25) is 0 Å². The number of nitrogens with one attached hydrogen (secondary N) is 2. The van der Waals surface area contributed by atoms with Crippen LogP contribution in [0, 0.1) is 0 Å². The summed E-state index contributed by atoms with van der Waals surface area (Å²) in [5, 5.41) is 19.2. The average Bonchev–Trinajstić information content (AvgIpc) is 3.35. The molecule has 5 rings (SSSR count). The molecule has 1 spiro atoms. The molecular formula is C22H31N5O2. The predicted molar refractivity (Wildman–Crippen MR) is 113 cm³/mol. The Labute approximate surface area is 171 Å². The first-order valence-electron chi connectivity index (χ1n) is 11.1. The Bertz CT molecular complexity index is 907. The maximum Gasteiger partial charge on any atom is 0.159 e. The van der Waals surface area contributed by atoms with Crippen molar-refractivity contribution in [2.45, 2.75) is 89.0 Å². The molecule has 0 radical (unpaired) electrons. The molecule has 0 unspecified atom stereocenters. The molecule has 0 aromatic carbocycles. The van der Waals surface area contributed by atoms with E-state index in [-0.39, 0.29) is 11.7 Å². The van der Waals surface area contributed by atoms with Crippen molar-refractivity contribution < 1.29 is 9.94 Å². The lowest BCUT2D eigenvalue weighted by Crippen LogP contribution is -2.31. The van der Waals surface area contributed by atoms with Gasteiger partial charge in [-0.15, -0.1) is 0 Å². The van der Waals surface area contributed by atoms with Gasteiger partial charge < -0.3 is 10.4 Å². The Morgan fingerprint density at radius 1 is 1.21 bits per heavy atom. The monoisotopic (exact) mass is 397 g/mol. The highest BCUT2D eigenvalue weighted by Crippen LogP contribution is 2.40. The number of hydrogen-bond donors (Lipinski definition) is 3. The molecule has 0 bridgehead atoms. The van der Waals surface area contributed by atoms with Gasteiger partial charge in [-0.3, -0.25) is 10.3 Å². The Kier molecular flexibility index (Phi) is 4.95. The van der Waals surface area contributed by atoms with Crippen molar-refractivity contribution in [2.75, 3.05) is 5.32 Å². The van der Waals surface area contributed by atoms with Crippen LogP contribution >= 0.6 is 0 Å². The summed E-state index contributed by atoms with van der Waals surface area (Å²) >= 11 is 0. The third kappa shape index (κ3) is 3.51. The van der Waals surface area contributed by atoms with Crippen LogP contribution in [0.15, 0.2) is 18.5 Å². The van der Waals surface area contributed by atoms with Crippen LogP contribution in [0.1, 0.15) is 70.3 Å². The van der Waals surface area contributed by atoms with Crippen molar-refractivity contribution >= 4 is 22.4 Å². The third-order valence-electron chi connectivity index (χ3n) is 6.77. The normalized spacial score (nSPS) is 26.5. The molecule has 2 aliphatic carbocycles. The van der Waals surface area contributed by atoms with E-state index in [1.807, 2.05) is 17.1 Å². The van der Waals surface area contributed by atoms with E-state index in [1.165, 1.54) is 19.3 Å². The number of pyridine rings is 1. The number of aryl methyl sites for hydroxylation is 1. The van der Waals surface area contributed by atoms with E-state index in [0.29, 0.717) is 6.04 Å². The van der Waals surface area contributed by atoms with Crippen LogP contribution in [-0.2, 0) is 11.4 Å². The van der Waals surface area contributed by atoms with E-state index >= 15 is 0 Å². The average molecular weight is 398 g/mol. The van der Waals surface area contributed by atoms with Gasteiger partial charge in [-0.25, -0.2) is 9.67 Å². The summed E-state index contributed by atoms with van der Waals surface area (Å²) in [7, 11) is 0. The van der Waals surface area contributed by atoms with Crippen LogP contribution in [0.3, 0.4) is 0 Å². The highest BCUT2D eigenvalue weighted by atomic mass is 16.7. The summed E-state index contributed by atoms with van der Waals surface area (Å²) in [6.07, 6.45) is 15.5. The maximum atomic E-state index is 9.88. The summed E-state index contributed by atoms with van der Waals surface area (Å²) in [4.78, 5) is 10.8. The van der Waals surface area contributed by atoms with Gasteiger partial charge in [0.1, 0.15) is 5.60 Å². The topological polar surface area (TPSA) is 84.2 Å². The Morgan fingerprint density at radius 3 is 2.76 bits per heavy atom. The Hall–Kier alpha value is -2.12. The van der Waals surface area contributed by atoms with Crippen molar-refractivity contribution in [1.82, 2.24) is 20.2 Å². The Balaban J connectivity index is 1.53. The van der Waals surface area contributed by atoms with Gasteiger partial charge in [-0.05, 0) is 51.5 Å². The third-order valence-corrected chi connectivity index (χ3v) is 6.77. The molecule has 7 nitrogen and oxygen atoms in total. The number of aliphatic hydroxyl groups excluding tert-OH is 1. The SMILES string of the molecule is CCn1ncc2c(NC3CCC(O)CC3)c(C3=CC4(CCCCC4)ON3)cnc21. The number of hydrogen-bond acceptors (Lipinski definition) is 6. The van der Waals surface area contributed by atoms with Gasteiger partial charge in [0.2, 0.25) is 0 Å². The van der Waals surface area contributed by atoms with Crippen molar-refractivity contribution in [3.63, 3.8) is 0 Å². The number of aromatic nitrogens is 3. The van der Waals surface area contributed by atoms with E-state index in [0.717, 1.165) is 73.1 Å². The van der Waals surface area contributed by atoms with Crippen LogP contribution < -0.4 is 10.8 Å². The molecular weight excluding hydrogens is 366 g/mol. The molecule has 7 heteroatoms. The fourth-order valence-corrected chi connectivity index (χ4v) is 5.05. The molecule has 29 heavy (non-hydrogen) atoms. The van der Waals surface area contributed by atoms with E-state index < -0.39 is 0 Å². The first kappa shape index (κ1) is 18.9. The summed E-state index contributed by atoms with van der Waals surface area (Å²) in [5.41, 5.74) is 7.07. The number of nitrogens with zero attached hydrogens (tertiary/aromatic N) is 3. The van der Waals surface area contributed by atoms with Gasteiger partial charge in [0.25, 0.3) is 0 Å². The zero-order valence-corrected chi connectivity index (χ0v) is 17.2. The fraction of sp³-hybridized carbons (Fsp3) is 0.636. The minimum absolute atomic E-state index is 0.161. The summed E-state index contributed by atoms with van der Waals surface area (Å²) < 4.78 is 1.94. The van der Waals surface area contributed by atoms with Crippen LogP contribution in [-0.4, -0.2) is 37.6 Å². The first-order valence-corrected chi connectivity index (χ1v) is 11.1. The highest BCUT2D eigenvalue weighted by molar-refractivity contribution is 5.95. The summed E-state index contributed by atoms with van der Waals surface area (Å²) in [6, 6.07) is 0.347. The highest BCUT2D eigenvalue weighted by Gasteiger charge is 2.37. The zero-order valence-electron chi connectivity index (χ0n) is 17.2. The summed E-state index contributed by atoms with van der Waals surface area (Å²) in [5.74, 6) is 0. The lowest BCUT2D eigenvalue weighted by atomic mass is 9.84. The molecule has 3 N–H and O–H groups in total. The summed E-state index contributed by atoms with van der Waals surface area (Å²) in [6.45, 7) is 2.87. The van der Waals surface area contributed by atoms with Crippen LogP contribution in [0.5, 0.6) is 0 Å². The van der Waals surface area contributed by atoms with Crippen LogP contribution in [0.25, 0.3) is 16.7 Å². The largest absolute Gasteiger partial charge is 0.393 e. The number of rotatable bonds is 4. The second-order valence-electron chi connectivity index (χ2n) is 8.78. The molecule has 156 valence electrons. The lowest BCUT2D eigenvalue weighted by Gasteiger charge is -2.29. The molecule has 2 fully saturated rings. The first-order chi connectivity index (χ1) is 14.2. The molecule has 0 atom stereocenters. The smallest absolute Gasteiger partial charge is 0.159 e. The van der Waals surface area contributed by atoms with E-state index in [4.69, 9.17) is 9.82 Å². The van der Waals surface area contributed by atoms with Gasteiger partial charge in [0.15, 0.2) is 5.65 Å². The minimum atomic E-state index is -0.178. The van der Waals surface area contributed by atoms with Crippen molar-refractivity contribution in [1.29, 1.82) is 0 Å². The van der Waals surface area contributed by atoms with Crippen molar-refractivity contribution in [2.24, 2.45) is 0 Å². The van der Waals surface area contributed by atoms with Gasteiger partial charge in [-0.1, -0.05) is 19.3 Å². The van der Waals surface area contributed by atoms with Gasteiger partial charge in [-0.2, -0.15) is 5.10 Å². The number of fused-ring (bicyclic) bond motifs is 1. The standard InChI is InChI=1S/C22H31N5O2/c1-2-27-21-18(14-24-27)20(25-15-6-8-16(28)9-7-15)17(13-23-21)19-12-22(29-26-19)10-4-3-5-11-22/h12-16,26,28H,2-11H2,1H3,(H,23,25). The Morgan fingerprint density at radius 2 is 2.00 bits per heavy atom.